The number of carbonyl (C=O) groups excluding carboxylic acids is 2. The molecule has 14 nitrogen and oxygen atoms in total. The molecular weight excluding hydrogens is 814 g/mol. The van der Waals surface area contributed by atoms with Gasteiger partial charge in [-0.25, -0.2) is 18.2 Å². The quantitative estimate of drug-likeness (QED) is 0.116. The standard InChI is InChI=1S/C45H56ClN9O5S/c1-28(2)60-40-21-36(30(5)20-39(40)49-44-47-22-37(46)43(51-44)48-38-8-6-7-9-41(38)61(58,59)29(3)4)32-14-17-53(18-15-32)35-26-52(27-35)23-31-24-54(25-31)33-10-12-34(13-11-33)55-19-16-42(56)50-45(55)57/h6-13,20-22,28-29,31-32,35H,14-19,23-27H2,1-5H3,(H,50,56,57)(H2,47,48,49,51). The summed E-state index contributed by atoms with van der Waals surface area (Å²) in [5, 5.41) is 8.54. The molecule has 61 heavy (non-hydrogen) atoms. The fourth-order valence-electron chi connectivity index (χ4n) is 8.84. The van der Waals surface area contributed by atoms with E-state index in [4.69, 9.17) is 16.3 Å². The summed E-state index contributed by atoms with van der Waals surface area (Å²) in [6, 6.07) is 19.4. The fraction of sp³-hybridized carbons (Fsp3) is 0.467. The number of benzene rings is 3. The van der Waals surface area contributed by atoms with Crippen molar-refractivity contribution >= 4 is 67.9 Å². The zero-order chi connectivity index (χ0) is 43.0. The predicted molar refractivity (Wildman–Crippen MR) is 241 cm³/mol. The second-order valence-corrected chi connectivity index (χ2v) is 20.2. The third-order valence-corrected chi connectivity index (χ3v) is 14.8. The summed E-state index contributed by atoms with van der Waals surface area (Å²) >= 11 is 6.53. The molecule has 0 aliphatic carbocycles. The van der Waals surface area contributed by atoms with Crippen molar-refractivity contribution in [2.45, 2.75) is 82.1 Å². The Balaban J connectivity index is 0.834. The lowest BCUT2D eigenvalue weighted by molar-refractivity contribution is -0.120. The number of halogens is 1. The Labute approximate surface area is 363 Å². The van der Waals surface area contributed by atoms with Crippen LogP contribution in [0.3, 0.4) is 0 Å². The van der Waals surface area contributed by atoms with Crippen molar-refractivity contribution in [3.8, 4) is 5.75 Å². The smallest absolute Gasteiger partial charge is 0.328 e. The van der Waals surface area contributed by atoms with Crippen molar-refractivity contribution in [1.82, 2.24) is 25.1 Å². The van der Waals surface area contributed by atoms with Crippen molar-refractivity contribution in [2.75, 3.05) is 72.8 Å². The SMILES string of the molecule is Cc1cc(Nc2ncc(Cl)c(Nc3ccccc3S(=O)(=O)C(C)C)n2)c(OC(C)C)cc1C1CCN(C2CN(CC3CN(c4ccc(N5CCC(=O)NC5=O)cc4)C3)C2)CC1. The van der Waals surface area contributed by atoms with Crippen LogP contribution in [0.1, 0.15) is 64.0 Å². The molecule has 1 aromatic heterocycles. The minimum absolute atomic E-state index is 0.0536. The number of sulfone groups is 1. The van der Waals surface area contributed by atoms with E-state index in [0.29, 0.717) is 42.5 Å². The molecular formula is C45H56ClN9O5S. The first-order valence-corrected chi connectivity index (χ1v) is 23.3. The molecule has 5 heterocycles. The van der Waals surface area contributed by atoms with Crippen LogP contribution >= 0.6 is 11.6 Å². The molecule has 0 unspecified atom stereocenters. The molecule has 3 aromatic carbocycles. The lowest BCUT2D eigenvalue weighted by atomic mass is 9.85. The first-order chi connectivity index (χ1) is 29.2. The molecule has 3 N–H and O–H groups in total. The molecule has 0 radical (unpaired) electrons. The Hall–Kier alpha value is -4.96. The highest BCUT2D eigenvalue weighted by atomic mass is 35.5. The van der Waals surface area contributed by atoms with Gasteiger partial charge in [-0.1, -0.05) is 23.7 Å². The number of aromatic nitrogens is 2. The van der Waals surface area contributed by atoms with Crippen LogP contribution in [0.25, 0.3) is 0 Å². The molecule has 4 aliphatic rings. The zero-order valence-electron chi connectivity index (χ0n) is 35.5. The molecule has 4 aliphatic heterocycles. The Morgan fingerprint density at radius 1 is 0.902 bits per heavy atom. The highest BCUT2D eigenvalue weighted by Gasteiger charge is 2.38. The molecule has 3 amide bonds. The van der Waals surface area contributed by atoms with E-state index in [1.165, 1.54) is 23.0 Å². The second-order valence-electron chi connectivity index (χ2n) is 17.3. The minimum atomic E-state index is -3.56. The van der Waals surface area contributed by atoms with Gasteiger partial charge in [0.15, 0.2) is 15.7 Å². The van der Waals surface area contributed by atoms with Gasteiger partial charge < -0.3 is 20.3 Å². The van der Waals surface area contributed by atoms with Crippen LogP contribution in [0.2, 0.25) is 5.02 Å². The number of imide groups is 1. The number of piperidine rings is 1. The number of anilines is 6. The highest BCUT2D eigenvalue weighted by Crippen LogP contribution is 2.39. The van der Waals surface area contributed by atoms with Crippen LogP contribution in [-0.4, -0.2) is 110 Å². The number of nitrogens with one attached hydrogen (secondary N) is 3. The third-order valence-electron chi connectivity index (χ3n) is 12.3. The molecule has 4 saturated heterocycles. The Morgan fingerprint density at radius 2 is 1.61 bits per heavy atom. The predicted octanol–water partition coefficient (Wildman–Crippen LogP) is 7.34. The highest BCUT2D eigenvalue weighted by molar-refractivity contribution is 7.92. The maximum Gasteiger partial charge on any atom is 0.328 e. The van der Waals surface area contributed by atoms with Crippen LogP contribution < -0.4 is 30.5 Å². The molecule has 324 valence electrons. The van der Waals surface area contributed by atoms with Gasteiger partial charge in [0.05, 0.1) is 33.8 Å². The van der Waals surface area contributed by atoms with Gasteiger partial charge in [0.25, 0.3) is 0 Å². The number of nitrogens with zero attached hydrogens (tertiary/aromatic N) is 6. The molecule has 0 atom stereocenters. The van der Waals surface area contributed by atoms with E-state index in [1.807, 2.05) is 26.0 Å². The number of para-hydroxylation sites is 1. The molecule has 4 aromatic rings. The number of aryl methyl sites for hydroxylation is 1. The van der Waals surface area contributed by atoms with Crippen molar-refractivity contribution in [3.05, 3.63) is 83.0 Å². The molecule has 16 heteroatoms. The lowest BCUT2D eigenvalue weighted by Gasteiger charge is -2.51. The number of rotatable bonds is 14. The lowest BCUT2D eigenvalue weighted by Crippen LogP contribution is -2.63. The van der Waals surface area contributed by atoms with Gasteiger partial charge in [0, 0.05) is 69.0 Å². The maximum atomic E-state index is 13.1. The molecule has 8 rings (SSSR count). The molecule has 0 bridgehead atoms. The van der Waals surface area contributed by atoms with E-state index in [1.54, 1.807) is 43.0 Å². The van der Waals surface area contributed by atoms with E-state index < -0.39 is 15.1 Å². The summed E-state index contributed by atoms with van der Waals surface area (Å²) in [5.74, 6) is 2.16. The summed E-state index contributed by atoms with van der Waals surface area (Å²) in [6.45, 7) is 17.5. The monoisotopic (exact) mass is 869 g/mol. The number of likely N-dealkylation sites (tertiary alicyclic amines) is 2. The van der Waals surface area contributed by atoms with Crippen LogP contribution in [0.4, 0.5) is 39.3 Å². The summed E-state index contributed by atoms with van der Waals surface area (Å²) in [4.78, 5) is 42.3. The van der Waals surface area contributed by atoms with Crippen LogP contribution in [0, 0.1) is 12.8 Å². The van der Waals surface area contributed by atoms with E-state index in [-0.39, 0.29) is 33.8 Å². The van der Waals surface area contributed by atoms with Gasteiger partial charge >= 0.3 is 6.03 Å². The number of amides is 3. The van der Waals surface area contributed by atoms with E-state index in [0.717, 1.165) is 75.8 Å². The van der Waals surface area contributed by atoms with Gasteiger partial charge in [-0.2, -0.15) is 4.98 Å². The first kappa shape index (κ1) is 42.7. The zero-order valence-corrected chi connectivity index (χ0v) is 37.1. The van der Waals surface area contributed by atoms with E-state index in [9.17, 15) is 18.0 Å². The van der Waals surface area contributed by atoms with E-state index >= 15 is 0 Å². The Morgan fingerprint density at radius 3 is 2.30 bits per heavy atom. The van der Waals surface area contributed by atoms with Gasteiger partial charge in [0.1, 0.15) is 10.8 Å². The van der Waals surface area contributed by atoms with Gasteiger partial charge in [-0.3, -0.25) is 24.8 Å². The minimum Gasteiger partial charge on any atom is -0.489 e. The molecule has 0 saturated carbocycles. The number of hydrogen-bond acceptors (Lipinski definition) is 12. The molecule has 0 spiro atoms. The Kier molecular flexibility index (Phi) is 12.5. The summed E-state index contributed by atoms with van der Waals surface area (Å²) in [7, 11) is -3.56. The third kappa shape index (κ3) is 9.44. The summed E-state index contributed by atoms with van der Waals surface area (Å²) in [5.41, 5.74) is 5.59. The number of hydrogen-bond donors (Lipinski definition) is 3. The average molecular weight is 871 g/mol. The Bertz CT molecular complexity index is 2360. The van der Waals surface area contributed by atoms with Crippen LogP contribution in [0.5, 0.6) is 5.75 Å². The number of urea groups is 1. The van der Waals surface area contributed by atoms with Crippen LogP contribution in [0.15, 0.2) is 71.8 Å². The molecule has 4 fully saturated rings. The van der Waals surface area contributed by atoms with Gasteiger partial charge in [-0.15, -0.1) is 0 Å². The van der Waals surface area contributed by atoms with Crippen molar-refractivity contribution < 1.29 is 22.7 Å². The van der Waals surface area contributed by atoms with E-state index in [2.05, 4.69) is 71.8 Å². The van der Waals surface area contributed by atoms with Crippen molar-refractivity contribution in [2.24, 2.45) is 5.92 Å². The maximum absolute atomic E-state index is 13.1. The average Bonchev–Trinajstić information content (AvgIpc) is 3.19. The normalized spacial score (nSPS) is 18.6. The van der Waals surface area contributed by atoms with Crippen molar-refractivity contribution in [1.29, 1.82) is 0 Å². The summed E-state index contributed by atoms with van der Waals surface area (Å²) < 4.78 is 32.6. The first-order valence-electron chi connectivity index (χ1n) is 21.3. The fourth-order valence-corrected chi connectivity index (χ4v) is 10.2. The van der Waals surface area contributed by atoms with Crippen molar-refractivity contribution in [3.63, 3.8) is 0 Å². The number of ether oxygens (including phenoxy) is 1. The number of carbonyl (C=O) groups is 2. The largest absolute Gasteiger partial charge is 0.489 e. The van der Waals surface area contributed by atoms with Gasteiger partial charge in [-0.05, 0) is 126 Å². The van der Waals surface area contributed by atoms with Crippen LogP contribution in [-0.2, 0) is 14.6 Å². The van der Waals surface area contributed by atoms with Gasteiger partial charge in [0.2, 0.25) is 11.9 Å². The summed E-state index contributed by atoms with van der Waals surface area (Å²) in [6.07, 6.45) is 3.94. The second kappa shape index (κ2) is 17.8. The topological polar surface area (TPSA) is 152 Å².